The molecular formula is C26H37NO3. The van der Waals surface area contributed by atoms with E-state index in [1.807, 2.05) is 37.3 Å². The van der Waals surface area contributed by atoms with Crippen molar-refractivity contribution in [2.24, 2.45) is 0 Å². The van der Waals surface area contributed by atoms with Crippen LogP contribution < -0.4 is 4.74 Å². The first kappa shape index (κ1) is 22.8. The first-order valence-corrected chi connectivity index (χ1v) is 11.5. The highest BCUT2D eigenvalue weighted by Crippen LogP contribution is 2.42. The molecule has 4 heteroatoms. The van der Waals surface area contributed by atoms with Crippen LogP contribution in [0.25, 0.3) is 0 Å². The lowest BCUT2D eigenvalue weighted by atomic mass is 9.74. The Hall–Kier alpha value is -1.88. The topological polar surface area (TPSA) is 41.9 Å². The van der Waals surface area contributed by atoms with Gasteiger partial charge in [0.1, 0.15) is 5.75 Å². The molecule has 1 N–H and O–H groups in total. The van der Waals surface area contributed by atoms with Gasteiger partial charge in [0.15, 0.2) is 0 Å². The number of rotatable bonds is 11. The summed E-state index contributed by atoms with van der Waals surface area (Å²) in [4.78, 5) is 2.43. The van der Waals surface area contributed by atoms with Crippen molar-refractivity contribution in [2.75, 3.05) is 39.5 Å². The Bertz CT molecular complexity index is 728. The fourth-order valence-electron chi connectivity index (χ4n) is 4.43. The number of morpholine rings is 1. The average Bonchev–Trinajstić information content (AvgIpc) is 2.79. The third-order valence-electron chi connectivity index (χ3n) is 6.15. The maximum Gasteiger partial charge on any atom is 0.119 e. The van der Waals surface area contributed by atoms with Gasteiger partial charge >= 0.3 is 0 Å². The Morgan fingerprint density at radius 2 is 1.70 bits per heavy atom. The molecule has 0 unspecified atom stereocenters. The summed E-state index contributed by atoms with van der Waals surface area (Å²) in [7, 11) is 0. The van der Waals surface area contributed by atoms with Crippen LogP contribution in [0.5, 0.6) is 5.75 Å². The molecule has 0 radical (unpaired) electrons. The standard InChI is InChI=1S/C26H37NO3/c1-3-5-9-16-26(28,23-12-14-24(15-13-23)30-4-2)25(22-10-7-6-8-11-22)21-27-17-19-29-20-18-27/h6-8,10-15,25,28H,3-5,9,16-21H2,1-2H3/t25-,26-/m1/s1. The van der Waals surface area contributed by atoms with Crippen LogP contribution in [0.15, 0.2) is 54.6 Å². The minimum atomic E-state index is -0.931. The number of unbranched alkanes of at least 4 members (excludes halogenated alkanes) is 2. The van der Waals surface area contributed by atoms with Gasteiger partial charge in [0.05, 0.1) is 25.4 Å². The van der Waals surface area contributed by atoms with Crippen LogP contribution in [0.1, 0.15) is 56.6 Å². The molecule has 2 aromatic rings. The second kappa shape index (κ2) is 11.5. The summed E-state index contributed by atoms with van der Waals surface area (Å²) in [6.45, 7) is 9.01. The fourth-order valence-corrected chi connectivity index (χ4v) is 4.43. The van der Waals surface area contributed by atoms with Gasteiger partial charge in [0, 0.05) is 25.6 Å². The largest absolute Gasteiger partial charge is 0.494 e. The number of hydrogen-bond acceptors (Lipinski definition) is 4. The van der Waals surface area contributed by atoms with Crippen LogP contribution >= 0.6 is 0 Å². The Morgan fingerprint density at radius 1 is 1.00 bits per heavy atom. The van der Waals surface area contributed by atoms with Crippen LogP contribution in [0.3, 0.4) is 0 Å². The van der Waals surface area contributed by atoms with Gasteiger partial charge in [0.2, 0.25) is 0 Å². The number of aliphatic hydroxyl groups is 1. The van der Waals surface area contributed by atoms with Gasteiger partial charge in [-0.05, 0) is 36.6 Å². The lowest BCUT2D eigenvalue weighted by Crippen LogP contribution is -2.45. The molecule has 0 saturated carbocycles. The summed E-state index contributed by atoms with van der Waals surface area (Å²) in [6.07, 6.45) is 4.02. The lowest BCUT2D eigenvalue weighted by molar-refractivity contribution is -0.0295. The smallest absolute Gasteiger partial charge is 0.119 e. The van der Waals surface area contributed by atoms with Gasteiger partial charge in [-0.25, -0.2) is 0 Å². The normalized spacial score (nSPS) is 18.0. The van der Waals surface area contributed by atoms with E-state index in [2.05, 4.69) is 36.1 Å². The third-order valence-corrected chi connectivity index (χ3v) is 6.15. The van der Waals surface area contributed by atoms with Crippen molar-refractivity contribution >= 4 is 0 Å². The van der Waals surface area contributed by atoms with Gasteiger partial charge in [-0.15, -0.1) is 0 Å². The van der Waals surface area contributed by atoms with Crippen LogP contribution in [-0.2, 0) is 10.3 Å². The molecule has 0 spiro atoms. The molecule has 3 rings (SSSR count). The lowest BCUT2D eigenvalue weighted by Gasteiger charge is -2.41. The summed E-state index contributed by atoms with van der Waals surface area (Å²) < 4.78 is 11.2. The molecule has 0 aliphatic carbocycles. The molecule has 30 heavy (non-hydrogen) atoms. The number of hydrogen-bond donors (Lipinski definition) is 1. The van der Waals surface area contributed by atoms with Gasteiger partial charge < -0.3 is 14.6 Å². The van der Waals surface area contributed by atoms with Gasteiger partial charge in [-0.2, -0.15) is 0 Å². The predicted octanol–water partition coefficient (Wildman–Crippen LogP) is 4.97. The van der Waals surface area contributed by atoms with E-state index in [0.717, 1.165) is 69.8 Å². The van der Waals surface area contributed by atoms with Crippen LogP contribution in [0.4, 0.5) is 0 Å². The van der Waals surface area contributed by atoms with Crippen molar-refractivity contribution in [3.8, 4) is 5.75 Å². The van der Waals surface area contributed by atoms with Crippen molar-refractivity contribution in [3.63, 3.8) is 0 Å². The summed E-state index contributed by atoms with van der Waals surface area (Å²) in [6, 6.07) is 18.6. The molecule has 0 aromatic heterocycles. The summed E-state index contributed by atoms with van der Waals surface area (Å²) >= 11 is 0. The summed E-state index contributed by atoms with van der Waals surface area (Å²) in [5, 5.41) is 12.3. The second-order valence-corrected chi connectivity index (χ2v) is 8.22. The second-order valence-electron chi connectivity index (χ2n) is 8.22. The molecule has 0 amide bonds. The molecule has 1 aliphatic rings. The van der Waals surface area contributed by atoms with Crippen molar-refractivity contribution in [2.45, 2.75) is 51.0 Å². The van der Waals surface area contributed by atoms with Crippen LogP contribution in [-0.4, -0.2) is 49.5 Å². The molecule has 0 bridgehead atoms. The number of benzene rings is 2. The van der Waals surface area contributed by atoms with Gasteiger partial charge in [-0.3, -0.25) is 4.90 Å². The third kappa shape index (κ3) is 5.84. The van der Waals surface area contributed by atoms with Crippen molar-refractivity contribution < 1.29 is 14.6 Å². The molecule has 2 atom stereocenters. The van der Waals surface area contributed by atoms with E-state index in [9.17, 15) is 5.11 Å². The van der Waals surface area contributed by atoms with E-state index in [-0.39, 0.29) is 5.92 Å². The Kier molecular flexibility index (Phi) is 8.74. The Morgan fingerprint density at radius 3 is 2.33 bits per heavy atom. The van der Waals surface area contributed by atoms with E-state index >= 15 is 0 Å². The monoisotopic (exact) mass is 411 g/mol. The van der Waals surface area contributed by atoms with Gasteiger partial charge in [-0.1, -0.05) is 68.7 Å². The highest BCUT2D eigenvalue weighted by atomic mass is 16.5. The highest BCUT2D eigenvalue weighted by Gasteiger charge is 2.40. The number of nitrogens with zero attached hydrogens (tertiary/aromatic N) is 1. The van der Waals surface area contributed by atoms with Crippen LogP contribution in [0.2, 0.25) is 0 Å². The van der Waals surface area contributed by atoms with Crippen molar-refractivity contribution in [3.05, 3.63) is 65.7 Å². The number of ether oxygens (including phenoxy) is 2. The minimum Gasteiger partial charge on any atom is -0.494 e. The average molecular weight is 412 g/mol. The Balaban J connectivity index is 1.96. The zero-order valence-corrected chi connectivity index (χ0v) is 18.6. The van der Waals surface area contributed by atoms with Crippen molar-refractivity contribution in [1.82, 2.24) is 4.90 Å². The molecule has 1 heterocycles. The van der Waals surface area contributed by atoms with E-state index < -0.39 is 5.60 Å². The minimum absolute atomic E-state index is 0.00778. The molecule has 164 valence electrons. The Labute approximate surface area is 181 Å². The molecule has 1 saturated heterocycles. The molecular weight excluding hydrogens is 374 g/mol. The van der Waals surface area contributed by atoms with Crippen molar-refractivity contribution in [1.29, 1.82) is 0 Å². The van der Waals surface area contributed by atoms with E-state index in [1.54, 1.807) is 0 Å². The SMILES string of the molecule is CCCCC[C@@](O)(c1ccc(OCC)cc1)[C@H](CN1CCOCC1)c1ccccc1. The first-order chi connectivity index (χ1) is 14.7. The molecule has 1 fully saturated rings. The maximum atomic E-state index is 12.3. The predicted molar refractivity (Wildman–Crippen MR) is 122 cm³/mol. The van der Waals surface area contributed by atoms with Gasteiger partial charge in [0.25, 0.3) is 0 Å². The van der Waals surface area contributed by atoms with E-state index in [4.69, 9.17) is 9.47 Å². The summed E-state index contributed by atoms with van der Waals surface area (Å²) in [5.41, 5.74) is 1.24. The quantitative estimate of drug-likeness (QED) is 0.530. The summed E-state index contributed by atoms with van der Waals surface area (Å²) in [5.74, 6) is 0.841. The fraction of sp³-hybridized carbons (Fsp3) is 0.538. The molecule has 2 aromatic carbocycles. The first-order valence-electron chi connectivity index (χ1n) is 11.5. The molecule has 4 nitrogen and oxygen atoms in total. The van der Waals surface area contributed by atoms with Crippen LogP contribution in [0, 0.1) is 0 Å². The zero-order valence-electron chi connectivity index (χ0n) is 18.6. The zero-order chi connectivity index (χ0) is 21.2. The maximum absolute atomic E-state index is 12.3. The van der Waals surface area contributed by atoms with E-state index in [0.29, 0.717) is 6.61 Å². The van der Waals surface area contributed by atoms with E-state index in [1.165, 1.54) is 5.56 Å². The highest BCUT2D eigenvalue weighted by molar-refractivity contribution is 5.35. The molecule has 1 aliphatic heterocycles.